The average molecular weight is 418 g/mol. The topological polar surface area (TPSA) is 143 Å². The first-order valence-corrected chi connectivity index (χ1v) is 10.2. The van der Waals surface area contributed by atoms with Gasteiger partial charge in [-0.3, -0.25) is 0 Å². The molecule has 2 N–H and O–H groups in total. The summed E-state index contributed by atoms with van der Waals surface area (Å²) < 4.78 is 38.8. The largest absolute Gasteiger partial charge is 0.453 e. The molecule has 1 aliphatic heterocycles. The molecule has 9 heteroatoms. The molecule has 0 unspecified atom stereocenters. The summed E-state index contributed by atoms with van der Waals surface area (Å²) in [6.45, 7) is 6.18. The molecule has 0 saturated carbocycles. The van der Waals surface area contributed by atoms with Crippen LogP contribution in [0.4, 0.5) is 5.69 Å². The lowest BCUT2D eigenvalue weighted by Gasteiger charge is -2.21. The van der Waals surface area contributed by atoms with Gasteiger partial charge in [-0.15, -0.1) is 0 Å². The van der Waals surface area contributed by atoms with Crippen LogP contribution in [0.15, 0.2) is 52.9 Å². The molecule has 2 aromatic rings. The minimum atomic E-state index is -4.69. The molecule has 2 aromatic carbocycles. The lowest BCUT2D eigenvalue weighted by molar-refractivity contribution is -1.92. The quantitative estimate of drug-likeness (QED) is 0.360. The predicted octanol–water partition coefficient (Wildman–Crippen LogP) is 0.287. The van der Waals surface area contributed by atoms with Crippen LogP contribution in [-0.4, -0.2) is 22.7 Å². The van der Waals surface area contributed by atoms with Crippen molar-refractivity contribution in [2.24, 2.45) is 0 Å². The summed E-state index contributed by atoms with van der Waals surface area (Å²) in [6.07, 6.45) is 0. The standard InChI is InChI=1S/C20H19N3O.ClHO4/c1-3-23(4-2)13-9-10-17-18(11-13)24-19-12-16(21)14-7-5-6-8-15(14)20(19)22-17;2-1(3,4)5/h5-12,21H,3-4H2,1-2H3;(H,2,3,4,5). The van der Waals surface area contributed by atoms with Crippen molar-refractivity contribution in [2.75, 3.05) is 18.0 Å². The zero-order valence-corrected chi connectivity index (χ0v) is 16.6. The molecule has 29 heavy (non-hydrogen) atoms. The van der Waals surface area contributed by atoms with Crippen molar-refractivity contribution in [3.63, 3.8) is 0 Å². The highest BCUT2D eigenvalue weighted by Crippen LogP contribution is 2.31. The third-order valence-corrected chi connectivity index (χ3v) is 4.51. The summed E-state index contributed by atoms with van der Waals surface area (Å²) in [5, 5.41) is 10.5. The number of halogens is 1. The summed E-state index contributed by atoms with van der Waals surface area (Å²) in [6, 6.07) is 15.7. The Kier molecular flexibility index (Phi) is 6.02. The Morgan fingerprint density at radius 1 is 1.03 bits per heavy atom. The molecule has 1 heterocycles. The van der Waals surface area contributed by atoms with Gasteiger partial charge in [0.05, 0.1) is 20.3 Å². The fourth-order valence-corrected chi connectivity index (χ4v) is 3.23. The molecular weight excluding hydrogens is 398 g/mol. The highest BCUT2D eigenvalue weighted by molar-refractivity contribution is 5.96. The molecule has 0 saturated heterocycles. The molecule has 0 spiro atoms. The van der Waals surface area contributed by atoms with E-state index in [0.717, 1.165) is 46.3 Å². The van der Waals surface area contributed by atoms with Crippen LogP contribution in [0.25, 0.3) is 33.3 Å². The van der Waals surface area contributed by atoms with E-state index in [1.165, 1.54) is 0 Å². The number of nitrogens with zero attached hydrogens (tertiary/aromatic N) is 2. The van der Waals surface area contributed by atoms with Gasteiger partial charge in [0, 0.05) is 41.7 Å². The summed E-state index contributed by atoms with van der Waals surface area (Å²) in [5.41, 5.74) is 3.52. The van der Waals surface area contributed by atoms with Gasteiger partial charge in [-0.05, 0) is 26.0 Å². The zero-order valence-electron chi connectivity index (χ0n) is 15.9. The SMILES string of the molecule is CCN(CC)c1ccc2nc3c4ccccc4c(=N)cc-3oc2c1.[O-][Cl+3]([O-])([O-])O. The van der Waals surface area contributed by atoms with Crippen LogP contribution in [0.5, 0.6) is 0 Å². The minimum Gasteiger partial charge on any atom is -0.453 e. The monoisotopic (exact) mass is 417 g/mol. The summed E-state index contributed by atoms with van der Waals surface area (Å²) in [5.74, 6) is 0.655. The summed E-state index contributed by atoms with van der Waals surface area (Å²) in [7, 11) is -4.69. The molecular formula is C20H20ClN3O5. The molecule has 152 valence electrons. The number of hydrogen-bond acceptors (Lipinski definition) is 8. The number of rotatable bonds is 3. The van der Waals surface area contributed by atoms with Crippen molar-refractivity contribution in [3.05, 3.63) is 53.9 Å². The lowest BCUT2D eigenvalue weighted by atomic mass is 10.0. The fourth-order valence-electron chi connectivity index (χ4n) is 3.23. The Morgan fingerprint density at radius 3 is 2.28 bits per heavy atom. The van der Waals surface area contributed by atoms with E-state index in [1.807, 2.05) is 36.4 Å². The van der Waals surface area contributed by atoms with Crippen LogP contribution in [0.1, 0.15) is 13.8 Å². The lowest BCUT2D eigenvalue weighted by Crippen LogP contribution is -2.58. The minimum absolute atomic E-state index is 0.461. The van der Waals surface area contributed by atoms with Gasteiger partial charge >= 0.3 is 0 Å². The van der Waals surface area contributed by atoms with Crippen molar-refractivity contribution in [1.29, 1.82) is 5.41 Å². The van der Waals surface area contributed by atoms with Crippen LogP contribution in [-0.2, 0) is 0 Å². The van der Waals surface area contributed by atoms with Gasteiger partial charge in [-0.2, -0.15) is 14.0 Å². The van der Waals surface area contributed by atoms with E-state index in [1.54, 1.807) is 6.07 Å². The van der Waals surface area contributed by atoms with E-state index in [9.17, 15) is 0 Å². The molecule has 0 atom stereocenters. The third-order valence-electron chi connectivity index (χ3n) is 4.51. The molecule has 0 aromatic heterocycles. The molecule has 4 rings (SSSR count). The van der Waals surface area contributed by atoms with Gasteiger partial charge in [0.15, 0.2) is 11.3 Å². The second-order valence-electron chi connectivity index (χ2n) is 6.25. The van der Waals surface area contributed by atoms with Crippen molar-refractivity contribution in [1.82, 2.24) is 4.98 Å². The summed E-state index contributed by atoms with van der Waals surface area (Å²) in [4.78, 5) is 7.08. The van der Waals surface area contributed by atoms with Gasteiger partial charge in [-0.25, -0.2) is 4.98 Å². The van der Waals surface area contributed by atoms with Crippen LogP contribution in [0.2, 0.25) is 0 Å². The maximum Gasteiger partial charge on any atom is 0.155 e. The van der Waals surface area contributed by atoms with Gasteiger partial charge in [0.2, 0.25) is 0 Å². The van der Waals surface area contributed by atoms with Gasteiger partial charge in [0.1, 0.15) is 11.2 Å². The Hall–Kier alpha value is -2.75. The van der Waals surface area contributed by atoms with E-state index in [0.29, 0.717) is 11.1 Å². The number of benzene rings is 3. The zero-order chi connectivity index (χ0) is 21.2. The number of hydrogen-bond donors (Lipinski definition) is 2. The first kappa shape index (κ1) is 21.0. The fraction of sp³-hybridized carbons (Fsp3) is 0.200. The van der Waals surface area contributed by atoms with Gasteiger partial charge < -0.3 is 14.7 Å². The first-order valence-electron chi connectivity index (χ1n) is 8.90. The Labute approximate surface area is 168 Å². The molecule has 1 aliphatic carbocycles. The normalized spacial score (nSPS) is 11.5. The van der Waals surface area contributed by atoms with E-state index in [2.05, 4.69) is 24.8 Å². The molecule has 0 amide bonds. The maximum atomic E-state index is 8.60. The third kappa shape index (κ3) is 4.81. The second-order valence-corrected chi connectivity index (χ2v) is 7.04. The molecule has 8 nitrogen and oxygen atoms in total. The van der Waals surface area contributed by atoms with Crippen molar-refractivity contribution in [3.8, 4) is 11.5 Å². The average Bonchev–Trinajstić information content (AvgIpc) is 2.67. The highest BCUT2D eigenvalue weighted by Gasteiger charge is 2.15. The number of fused-ring (bicyclic) bond motifs is 4. The molecule has 0 radical (unpaired) electrons. The molecule has 0 bridgehead atoms. The van der Waals surface area contributed by atoms with E-state index >= 15 is 0 Å². The highest BCUT2D eigenvalue weighted by atomic mass is 35.7. The predicted molar refractivity (Wildman–Crippen MR) is 99.8 cm³/mol. The van der Waals surface area contributed by atoms with E-state index in [-0.39, 0.29) is 0 Å². The maximum absolute atomic E-state index is 8.60. The number of anilines is 1. The van der Waals surface area contributed by atoms with Crippen LogP contribution in [0, 0.1) is 15.7 Å². The van der Waals surface area contributed by atoms with Crippen LogP contribution >= 0.6 is 0 Å². The van der Waals surface area contributed by atoms with Crippen LogP contribution in [0.3, 0.4) is 0 Å². The first-order chi connectivity index (χ1) is 13.7. The number of aromatic nitrogens is 1. The Bertz CT molecular complexity index is 1160. The van der Waals surface area contributed by atoms with Gasteiger partial charge in [-0.1, -0.05) is 24.3 Å². The van der Waals surface area contributed by atoms with E-state index < -0.39 is 10.2 Å². The van der Waals surface area contributed by atoms with Crippen molar-refractivity contribution < 1.29 is 33.3 Å². The van der Waals surface area contributed by atoms with Crippen molar-refractivity contribution in [2.45, 2.75) is 13.8 Å². The molecule has 0 fully saturated rings. The smallest absolute Gasteiger partial charge is 0.155 e. The van der Waals surface area contributed by atoms with Crippen LogP contribution < -0.4 is 24.2 Å². The second kappa shape index (κ2) is 8.32. The number of nitrogens with one attached hydrogen (secondary N) is 1. The molecule has 2 aliphatic rings. The van der Waals surface area contributed by atoms with Gasteiger partial charge in [0.25, 0.3) is 0 Å². The Morgan fingerprint density at radius 2 is 1.66 bits per heavy atom. The van der Waals surface area contributed by atoms with E-state index in [4.69, 9.17) is 33.4 Å². The van der Waals surface area contributed by atoms with Crippen molar-refractivity contribution >= 4 is 27.6 Å². The summed E-state index contributed by atoms with van der Waals surface area (Å²) >= 11 is 0. The Balaban J connectivity index is 0.000000431.